The summed E-state index contributed by atoms with van der Waals surface area (Å²) < 4.78 is 19.0. The topological polar surface area (TPSA) is 55.6 Å². The maximum Gasteiger partial charge on any atom is 0.239 e. The van der Waals surface area contributed by atoms with Crippen LogP contribution in [0.1, 0.15) is 31.9 Å². The van der Waals surface area contributed by atoms with Gasteiger partial charge in [0.05, 0.1) is 19.2 Å². The summed E-state index contributed by atoms with van der Waals surface area (Å²) in [6, 6.07) is 5.83. The van der Waals surface area contributed by atoms with Crippen molar-refractivity contribution in [3.05, 3.63) is 35.6 Å². The summed E-state index contributed by atoms with van der Waals surface area (Å²) in [7, 11) is 0. The minimum Gasteiger partial charge on any atom is -0.370 e. The first-order valence-electron chi connectivity index (χ1n) is 7.44. The van der Waals surface area contributed by atoms with E-state index in [4.69, 9.17) is 10.5 Å². The van der Waals surface area contributed by atoms with Crippen molar-refractivity contribution in [3.63, 3.8) is 0 Å². The van der Waals surface area contributed by atoms with Gasteiger partial charge in [-0.2, -0.15) is 0 Å². The summed E-state index contributed by atoms with van der Waals surface area (Å²) in [5.41, 5.74) is 6.77. The van der Waals surface area contributed by atoms with Crippen LogP contribution in [0.25, 0.3) is 0 Å². The zero-order valence-electron chi connectivity index (χ0n) is 12.6. The number of ether oxygens (including phenoxy) is 1. The van der Waals surface area contributed by atoms with Crippen LogP contribution in [0.15, 0.2) is 24.3 Å². The van der Waals surface area contributed by atoms with E-state index in [0.29, 0.717) is 19.7 Å². The lowest BCUT2D eigenvalue weighted by Crippen LogP contribution is -2.51. The van der Waals surface area contributed by atoms with Gasteiger partial charge in [0.15, 0.2) is 0 Å². The van der Waals surface area contributed by atoms with Crippen LogP contribution in [0.3, 0.4) is 0 Å². The van der Waals surface area contributed by atoms with Crippen LogP contribution in [0, 0.1) is 11.7 Å². The molecule has 1 aromatic rings. The van der Waals surface area contributed by atoms with E-state index >= 15 is 0 Å². The number of nitrogens with two attached hydrogens (primary N) is 1. The van der Waals surface area contributed by atoms with Gasteiger partial charge in [-0.1, -0.05) is 32.4 Å². The van der Waals surface area contributed by atoms with Crippen LogP contribution in [0.5, 0.6) is 0 Å². The monoisotopic (exact) mass is 294 g/mol. The largest absolute Gasteiger partial charge is 0.370 e. The Balaban J connectivity index is 2.05. The number of amides is 1. The molecule has 1 saturated heterocycles. The van der Waals surface area contributed by atoms with Gasteiger partial charge in [0.25, 0.3) is 0 Å². The molecule has 5 heteroatoms. The van der Waals surface area contributed by atoms with Crippen LogP contribution < -0.4 is 5.73 Å². The first-order chi connectivity index (χ1) is 10.0. The molecule has 0 bridgehead atoms. The molecule has 0 saturated carbocycles. The molecule has 1 aromatic carbocycles. The number of carbonyl (C=O) groups excluding carboxylic acids is 1. The average molecular weight is 294 g/mol. The van der Waals surface area contributed by atoms with Gasteiger partial charge in [0, 0.05) is 6.54 Å². The smallest absolute Gasteiger partial charge is 0.239 e. The fourth-order valence-corrected chi connectivity index (χ4v) is 2.47. The third-order valence-corrected chi connectivity index (χ3v) is 4.14. The minimum absolute atomic E-state index is 0.0472. The molecule has 2 N–H and O–H groups in total. The van der Waals surface area contributed by atoms with E-state index in [0.717, 1.165) is 12.0 Å². The Kier molecular flexibility index (Phi) is 5.31. The summed E-state index contributed by atoms with van der Waals surface area (Å²) in [5.74, 6) is -0.196. The van der Waals surface area contributed by atoms with Crippen LogP contribution in [0.2, 0.25) is 0 Å². The third-order valence-electron chi connectivity index (χ3n) is 4.14. The van der Waals surface area contributed by atoms with Crippen molar-refractivity contribution in [1.29, 1.82) is 0 Å². The first-order valence-corrected chi connectivity index (χ1v) is 7.44. The summed E-state index contributed by atoms with van der Waals surface area (Å²) in [6.45, 7) is 5.40. The maximum absolute atomic E-state index is 13.3. The van der Waals surface area contributed by atoms with E-state index in [1.54, 1.807) is 11.0 Å². The minimum atomic E-state index is -0.485. The molecule has 1 fully saturated rings. The molecule has 21 heavy (non-hydrogen) atoms. The lowest BCUT2D eigenvalue weighted by atomic mass is 9.98. The van der Waals surface area contributed by atoms with Gasteiger partial charge in [-0.3, -0.25) is 4.79 Å². The van der Waals surface area contributed by atoms with Gasteiger partial charge in [-0.25, -0.2) is 4.39 Å². The van der Waals surface area contributed by atoms with E-state index in [1.165, 1.54) is 12.1 Å². The highest BCUT2D eigenvalue weighted by Gasteiger charge is 2.30. The normalized spacial score (nSPS) is 21.9. The summed E-state index contributed by atoms with van der Waals surface area (Å²) >= 11 is 0. The van der Waals surface area contributed by atoms with Crippen molar-refractivity contribution in [2.24, 2.45) is 11.7 Å². The predicted molar refractivity (Wildman–Crippen MR) is 79.1 cm³/mol. The Bertz CT molecular complexity index is 495. The quantitative estimate of drug-likeness (QED) is 0.925. The fraction of sp³-hybridized carbons (Fsp3) is 0.562. The number of morpholine rings is 1. The number of halogens is 1. The molecule has 1 heterocycles. The third kappa shape index (κ3) is 3.80. The number of carbonyl (C=O) groups is 1. The van der Waals surface area contributed by atoms with E-state index in [9.17, 15) is 9.18 Å². The zero-order valence-corrected chi connectivity index (χ0v) is 12.6. The van der Waals surface area contributed by atoms with Crippen LogP contribution in [0.4, 0.5) is 4.39 Å². The number of hydrogen-bond acceptors (Lipinski definition) is 3. The first kappa shape index (κ1) is 15.9. The molecule has 1 aliphatic rings. The molecule has 0 spiro atoms. The summed E-state index contributed by atoms with van der Waals surface area (Å²) in [4.78, 5) is 14.1. The zero-order chi connectivity index (χ0) is 15.4. The molecule has 0 aromatic heterocycles. The van der Waals surface area contributed by atoms with E-state index in [2.05, 4.69) is 0 Å². The van der Waals surface area contributed by atoms with E-state index in [1.807, 2.05) is 19.9 Å². The molecule has 0 radical (unpaired) electrons. The lowest BCUT2D eigenvalue weighted by molar-refractivity contribution is -0.141. The molecule has 0 aliphatic carbocycles. The molecule has 3 atom stereocenters. The number of rotatable bonds is 4. The SMILES string of the molecule is CCC(C)C(N)C(=O)N1CCOC(c2cccc(F)c2)C1. The van der Waals surface area contributed by atoms with Crippen LogP contribution >= 0.6 is 0 Å². The second kappa shape index (κ2) is 7.00. The van der Waals surface area contributed by atoms with Gasteiger partial charge >= 0.3 is 0 Å². The molecule has 116 valence electrons. The Morgan fingerprint density at radius 2 is 2.33 bits per heavy atom. The van der Waals surface area contributed by atoms with Crippen molar-refractivity contribution >= 4 is 5.91 Å². The van der Waals surface area contributed by atoms with Crippen molar-refractivity contribution < 1.29 is 13.9 Å². The Labute approximate surface area is 125 Å². The highest BCUT2D eigenvalue weighted by atomic mass is 19.1. The summed E-state index contributed by atoms with van der Waals surface area (Å²) in [6.07, 6.45) is 0.576. The number of benzene rings is 1. The van der Waals surface area contributed by atoms with Crippen molar-refractivity contribution in [2.75, 3.05) is 19.7 Å². The highest BCUT2D eigenvalue weighted by Crippen LogP contribution is 2.23. The predicted octanol–water partition coefficient (Wildman–Crippen LogP) is 2.10. The van der Waals surface area contributed by atoms with Crippen molar-refractivity contribution in [1.82, 2.24) is 4.90 Å². The maximum atomic E-state index is 13.3. The Morgan fingerprint density at radius 3 is 3.00 bits per heavy atom. The molecule has 1 amide bonds. The highest BCUT2D eigenvalue weighted by molar-refractivity contribution is 5.82. The Hall–Kier alpha value is -1.46. The second-order valence-electron chi connectivity index (χ2n) is 5.61. The molecule has 4 nitrogen and oxygen atoms in total. The molecule has 2 rings (SSSR count). The fourth-order valence-electron chi connectivity index (χ4n) is 2.47. The van der Waals surface area contributed by atoms with Crippen LogP contribution in [-0.4, -0.2) is 36.5 Å². The van der Waals surface area contributed by atoms with Crippen molar-refractivity contribution in [3.8, 4) is 0 Å². The van der Waals surface area contributed by atoms with Crippen molar-refractivity contribution in [2.45, 2.75) is 32.4 Å². The van der Waals surface area contributed by atoms with Gasteiger partial charge in [-0.05, 0) is 23.6 Å². The van der Waals surface area contributed by atoms with Gasteiger partial charge in [0.1, 0.15) is 11.9 Å². The molecule has 3 unspecified atom stereocenters. The average Bonchev–Trinajstić information content (AvgIpc) is 2.52. The molecule has 1 aliphatic heterocycles. The van der Waals surface area contributed by atoms with Gasteiger partial charge < -0.3 is 15.4 Å². The van der Waals surface area contributed by atoms with E-state index < -0.39 is 6.04 Å². The lowest BCUT2D eigenvalue weighted by Gasteiger charge is -2.35. The number of hydrogen-bond donors (Lipinski definition) is 1. The van der Waals surface area contributed by atoms with E-state index in [-0.39, 0.29) is 23.7 Å². The molecular weight excluding hydrogens is 271 g/mol. The standard InChI is InChI=1S/C16H23FN2O2/c1-3-11(2)15(18)16(20)19-7-8-21-14(10-19)12-5-4-6-13(17)9-12/h4-6,9,11,14-15H,3,7-8,10,18H2,1-2H3. The van der Waals surface area contributed by atoms with Crippen LogP contribution in [-0.2, 0) is 9.53 Å². The van der Waals surface area contributed by atoms with Gasteiger partial charge in [-0.15, -0.1) is 0 Å². The molecular formula is C16H23FN2O2. The second-order valence-corrected chi connectivity index (χ2v) is 5.61. The summed E-state index contributed by atoms with van der Waals surface area (Å²) in [5, 5.41) is 0. The Morgan fingerprint density at radius 1 is 1.57 bits per heavy atom. The number of nitrogens with zero attached hydrogens (tertiary/aromatic N) is 1. The van der Waals surface area contributed by atoms with Gasteiger partial charge in [0.2, 0.25) is 5.91 Å².